The first kappa shape index (κ1) is 27.1. The Kier molecular flexibility index (Phi) is 7.83. The average molecular weight is 542 g/mol. The minimum absolute atomic E-state index is 0.131. The number of cyclic esters (lactones) is 1. The Morgan fingerprint density at radius 2 is 1.90 bits per heavy atom. The second-order valence-electron chi connectivity index (χ2n) is 10.5. The van der Waals surface area contributed by atoms with Crippen molar-refractivity contribution in [2.24, 2.45) is 5.92 Å². The molecular formula is C29H33F2N3O5. The van der Waals surface area contributed by atoms with E-state index in [1.165, 1.54) is 6.07 Å². The Hall–Kier alpha value is -3.53. The van der Waals surface area contributed by atoms with Crippen molar-refractivity contribution in [2.45, 2.75) is 56.5 Å². The number of nitrogens with zero attached hydrogens (tertiary/aromatic N) is 1. The normalized spacial score (nSPS) is 26.8. The molecule has 2 N–H and O–H groups in total. The van der Waals surface area contributed by atoms with Crippen LogP contribution in [0.1, 0.15) is 72.5 Å². The summed E-state index contributed by atoms with van der Waals surface area (Å²) in [7, 11) is 0. The third kappa shape index (κ3) is 5.34. The van der Waals surface area contributed by atoms with Crippen LogP contribution in [0.25, 0.3) is 0 Å². The number of halogens is 2. The monoisotopic (exact) mass is 541 g/mol. The smallest absolute Gasteiger partial charge is 0.418 e. The van der Waals surface area contributed by atoms with Gasteiger partial charge in [0.2, 0.25) is 0 Å². The Labute approximate surface area is 226 Å². The predicted octanol–water partition coefficient (Wildman–Crippen LogP) is 5.05. The molecule has 2 aromatic carbocycles. The van der Waals surface area contributed by atoms with Gasteiger partial charge in [-0.25, -0.2) is 28.1 Å². The van der Waals surface area contributed by atoms with Crippen LogP contribution in [-0.2, 0) is 9.47 Å². The summed E-state index contributed by atoms with van der Waals surface area (Å²) in [6.45, 7) is 3.26. The molecule has 3 aliphatic rings. The van der Waals surface area contributed by atoms with Crippen LogP contribution in [0.15, 0.2) is 42.5 Å². The van der Waals surface area contributed by atoms with E-state index in [0.29, 0.717) is 25.1 Å². The Bertz CT molecular complexity index is 1240. The van der Waals surface area contributed by atoms with Crippen LogP contribution in [0, 0.1) is 17.6 Å². The van der Waals surface area contributed by atoms with Crippen LogP contribution in [0.4, 0.5) is 18.4 Å². The lowest BCUT2D eigenvalue weighted by Crippen LogP contribution is -2.59. The third-order valence-corrected chi connectivity index (χ3v) is 8.37. The number of nitrogens with one attached hydrogen (secondary N) is 2. The molecule has 208 valence electrons. The van der Waals surface area contributed by atoms with Gasteiger partial charge in [-0.1, -0.05) is 24.3 Å². The second kappa shape index (κ2) is 11.3. The fraction of sp³-hybridized carbons (Fsp3) is 0.483. The largest absolute Gasteiger partial charge is 0.462 e. The van der Waals surface area contributed by atoms with Gasteiger partial charge in [0.15, 0.2) is 11.6 Å². The standard InChI is InChI=1S/C29H33F2N3O5/c1-2-38-26(35)22-6-4-3-5-21(22)18-7-10-20(11-8-18)29(13-14-32-17-29)33-27(36)34-25(16-39-28(34)37)19-9-12-23(30)24(31)15-19/h3-6,9,12,15,18,20,25,32H,2,7-8,10-11,13-14,16-17H2,1H3,(H,33,36)/t18-,20+,25-,29+/m1/s1. The molecule has 0 radical (unpaired) electrons. The van der Waals surface area contributed by atoms with E-state index in [0.717, 1.165) is 54.8 Å². The minimum atomic E-state index is -1.05. The molecule has 0 aromatic heterocycles. The lowest BCUT2D eigenvalue weighted by atomic mass is 9.69. The number of urea groups is 1. The molecule has 10 heteroatoms. The molecule has 2 aliphatic heterocycles. The first-order valence-corrected chi connectivity index (χ1v) is 13.5. The van der Waals surface area contributed by atoms with Crippen LogP contribution < -0.4 is 10.6 Å². The summed E-state index contributed by atoms with van der Waals surface area (Å²) in [5.41, 5.74) is 1.31. The molecule has 0 spiro atoms. The quantitative estimate of drug-likeness (QED) is 0.497. The van der Waals surface area contributed by atoms with Gasteiger partial charge in [0.05, 0.1) is 17.7 Å². The summed E-state index contributed by atoms with van der Waals surface area (Å²) >= 11 is 0. The number of benzene rings is 2. The van der Waals surface area contributed by atoms with Crippen LogP contribution in [0.3, 0.4) is 0 Å². The van der Waals surface area contributed by atoms with Gasteiger partial charge < -0.3 is 20.1 Å². The summed E-state index contributed by atoms with van der Waals surface area (Å²) in [5.74, 6) is -2.01. The van der Waals surface area contributed by atoms with Crippen molar-refractivity contribution in [1.29, 1.82) is 0 Å². The first-order valence-electron chi connectivity index (χ1n) is 13.5. The summed E-state index contributed by atoms with van der Waals surface area (Å²) < 4.78 is 37.8. The van der Waals surface area contributed by atoms with Crippen LogP contribution in [0.5, 0.6) is 0 Å². The van der Waals surface area contributed by atoms with Gasteiger partial charge in [0.1, 0.15) is 12.6 Å². The summed E-state index contributed by atoms with van der Waals surface area (Å²) in [6, 6.07) is 9.44. The van der Waals surface area contributed by atoms with Gasteiger partial charge in [-0.05, 0) is 86.7 Å². The maximum Gasteiger partial charge on any atom is 0.418 e. The van der Waals surface area contributed by atoms with Gasteiger partial charge >= 0.3 is 18.1 Å². The van der Waals surface area contributed by atoms with Crippen molar-refractivity contribution >= 4 is 18.1 Å². The number of ether oxygens (including phenoxy) is 2. The molecule has 1 aliphatic carbocycles. The number of rotatable bonds is 6. The fourth-order valence-electron chi connectivity index (χ4n) is 6.36. The Balaban J connectivity index is 1.30. The van der Waals surface area contributed by atoms with Crippen LogP contribution >= 0.6 is 0 Å². The zero-order valence-corrected chi connectivity index (χ0v) is 21.9. The molecule has 2 heterocycles. The minimum Gasteiger partial charge on any atom is -0.462 e. The lowest BCUT2D eigenvalue weighted by Gasteiger charge is -2.42. The van der Waals surface area contributed by atoms with Crippen molar-refractivity contribution in [3.05, 3.63) is 70.8 Å². The van der Waals surface area contributed by atoms with Crippen molar-refractivity contribution < 1.29 is 32.6 Å². The molecule has 5 rings (SSSR count). The average Bonchev–Trinajstić information content (AvgIpc) is 3.58. The number of esters is 1. The number of amides is 3. The number of hydrogen-bond donors (Lipinski definition) is 2. The first-order chi connectivity index (χ1) is 18.8. The highest BCUT2D eigenvalue weighted by molar-refractivity contribution is 5.93. The molecule has 0 unspecified atom stereocenters. The second-order valence-corrected chi connectivity index (χ2v) is 10.5. The van der Waals surface area contributed by atoms with Crippen LogP contribution in [-0.4, -0.2) is 54.8 Å². The summed E-state index contributed by atoms with van der Waals surface area (Å²) in [6.07, 6.45) is 3.25. The SMILES string of the molecule is CCOC(=O)c1ccccc1[C@H]1CC[C@@H]([C@]2(NC(=O)N3C(=O)OC[C@@H]3c3ccc(F)c(F)c3)CCNC2)CC1. The molecule has 3 amide bonds. The van der Waals surface area contributed by atoms with E-state index in [1.54, 1.807) is 13.0 Å². The predicted molar refractivity (Wildman–Crippen MR) is 138 cm³/mol. The molecule has 2 saturated heterocycles. The van der Waals surface area contributed by atoms with Crippen LogP contribution in [0.2, 0.25) is 0 Å². The molecular weight excluding hydrogens is 508 g/mol. The highest BCUT2D eigenvalue weighted by Crippen LogP contribution is 2.43. The highest BCUT2D eigenvalue weighted by atomic mass is 19.2. The van der Waals surface area contributed by atoms with E-state index in [1.807, 2.05) is 18.2 Å². The molecule has 2 atom stereocenters. The van der Waals surface area contributed by atoms with E-state index in [4.69, 9.17) is 9.47 Å². The van der Waals surface area contributed by atoms with Crippen molar-refractivity contribution in [3.8, 4) is 0 Å². The maximum absolute atomic E-state index is 13.9. The number of carbonyl (C=O) groups excluding carboxylic acids is 3. The molecule has 1 saturated carbocycles. The van der Waals surface area contributed by atoms with Crippen molar-refractivity contribution in [3.63, 3.8) is 0 Å². The molecule has 3 fully saturated rings. The van der Waals surface area contributed by atoms with Gasteiger partial charge in [-0.15, -0.1) is 0 Å². The van der Waals surface area contributed by atoms with Crippen molar-refractivity contribution in [1.82, 2.24) is 15.5 Å². The summed E-state index contributed by atoms with van der Waals surface area (Å²) in [5, 5.41) is 6.50. The van der Waals surface area contributed by atoms with Gasteiger partial charge in [0, 0.05) is 6.54 Å². The Morgan fingerprint density at radius 1 is 1.13 bits per heavy atom. The topological polar surface area (TPSA) is 97.0 Å². The number of hydrogen-bond acceptors (Lipinski definition) is 6. The zero-order chi connectivity index (χ0) is 27.6. The Morgan fingerprint density at radius 3 is 2.59 bits per heavy atom. The van der Waals surface area contributed by atoms with E-state index < -0.39 is 35.3 Å². The van der Waals surface area contributed by atoms with E-state index in [-0.39, 0.29) is 30.0 Å². The third-order valence-electron chi connectivity index (χ3n) is 8.37. The number of imide groups is 1. The summed E-state index contributed by atoms with van der Waals surface area (Å²) in [4.78, 5) is 39.6. The molecule has 39 heavy (non-hydrogen) atoms. The molecule has 2 aromatic rings. The van der Waals surface area contributed by atoms with E-state index in [2.05, 4.69) is 10.6 Å². The van der Waals surface area contributed by atoms with E-state index >= 15 is 0 Å². The van der Waals surface area contributed by atoms with Gasteiger partial charge in [-0.2, -0.15) is 0 Å². The lowest BCUT2D eigenvalue weighted by molar-refractivity contribution is 0.0523. The maximum atomic E-state index is 13.9. The van der Waals surface area contributed by atoms with E-state index in [9.17, 15) is 23.2 Å². The molecule has 8 nitrogen and oxygen atoms in total. The zero-order valence-electron chi connectivity index (χ0n) is 21.9. The molecule has 0 bridgehead atoms. The van der Waals surface area contributed by atoms with Gasteiger partial charge in [-0.3, -0.25) is 0 Å². The van der Waals surface area contributed by atoms with Gasteiger partial charge in [0.25, 0.3) is 0 Å². The fourth-order valence-corrected chi connectivity index (χ4v) is 6.36. The highest BCUT2D eigenvalue weighted by Gasteiger charge is 2.47. The number of carbonyl (C=O) groups is 3. The van der Waals surface area contributed by atoms with Crippen molar-refractivity contribution in [2.75, 3.05) is 26.3 Å².